The normalized spacial score (nSPS) is 9.85. The van der Waals surface area contributed by atoms with Crippen molar-refractivity contribution >= 4 is 18.9 Å². The fourth-order valence-electron chi connectivity index (χ4n) is 2.06. The van der Waals surface area contributed by atoms with E-state index in [1.54, 1.807) is 31.4 Å². The van der Waals surface area contributed by atoms with Gasteiger partial charge >= 0.3 is 0 Å². The first kappa shape index (κ1) is 13.7. The van der Waals surface area contributed by atoms with Crippen LogP contribution in [-0.4, -0.2) is 26.0 Å². The van der Waals surface area contributed by atoms with E-state index in [0.717, 1.165) is 0 Å². The number of benzene rings is 2. The number of carbonyl (C=O) groups is 3. The predicted octanol–water partition coefficient (Wildman–Crippen LogP) is 2.80. The molecule has 0 aliphatic carbocycles. The summed E-state index contributed by atoms with van der Waals surface area (Å²) in [7, 11) is 1.56. The fraction of sp³-hybridized carbons (Fsp3) is 0.0625. The minimum absolute atomic E-state index is 0.298. The number of carbonyl (C=O) groups excluding carboxylic acids is 3. The summed E-state index contributed by atoms with van der Waals surface area (Å²) in [5, 5.41) is 0. The molecule has 0 aliphatic rings. The molecule has 0 fully saturated rings. The van der Waals surface area contributed by atoms with Crippen molar-refractivity contribution in [1.29, 1.82) is 0 Å². The molecule has 2 aromatic rings. The summed E-state index contributed by atoms with van der Waals surface area (Å²) < 4.78 is 5.07. The average molecular weight is 268 g/mol. The first-order valence-corrected chi connectivity index (χ1v) is 5.91. The molecule has 0 saturated heterocycles. The molecule has 0 bridgehead atoms. The van der Waals surface area contributed by atoms with E-state index >= 15 is 0 Å². The van der Waals surface area contributed by atoms with Gasteiger partial charge in [-0.15, -0.1) is 0 Å². The molecule has 0 radical (unpaired) electrons. The molecular weight excluding hydrogens is 256 g/mol. The van der Waals surface area contributed by atoms with Crippen molar-refractivity contribution in [3.05, 3.63) is 53.1 Å². The van der Waals surface area contributed by atoms with Crippen LogP contribution in [0.25, 0.3) is 11.1 Å². The van der Waals surface area contributed by atoms with Gasteiger partial charge in [0.1, 0.15) is 12.0 Å². The number of methoxy groups -OCH3 is 1. The van der Waals surface area contributed by atoms with Gasteiger partial charge in [0, 0.05) is 22.3 Å². The highest BCUT2D eigenvalue weighted by atomic mass is 16.5. The zero-order chi connectivity index (χ0) is 14.5. The Kier molecular flexibility index (Phi) is 4.05. The quantitative estimate of drug-likeness (QED) is 0.782. The van der Waals surface area contributed by atoms with Crippen molar-refractivity contribution in [2.45, 2.75) is 0 Å². The second kappa shape index (κ2) is 5.93. The zero-order valence-electron chi connectivity index (χ0n) is 10.8. The Labute approximate surface area is 116 Å². The van der Waals surface area contributed by atoms with Crippen LogP contribution in [0, 0.1) is 0 Å². The van der Waals surface area contributed by atoms with Gasteiger partial charge in [0.25, 0.3) is 0 Å². The van der Waals surface area contributed by atoms with Crippen molar-refractivity contribution in [3.63, 3.8) is 0 Å². The van der Waals surface area contributed by atoms with E-state index in [9.17, 15) is 14.4 Å². The first-order chi connectivity index (χ1) is 9.73. The Balaban J connectivity index is 2.66. The van der Waals surface area contributed by atoms with Crippen molar-refractivity contribution in [1.82, 2.24) is 0 Å². The molecule has 0 aromatic heterocycles. The van der Waals surface area contributed by atoms with Crippen LogP contribution in [0.1, 0.15) is 31.1 Å². The standard InChI is InChI=1S/C16H12O4/c1-20-15-4-2-12(3-5-15)16-13(9-18)6-11(8-17)7-14(16)10-19/h2-10H,1H3. The smallest absolute Gasteiger partial charge is 0.150 e. The summed E-state index contributed by atoms with van der Waals surface area (Å²) >= 11 is 0. The van der Waals surface area contributed by atoms with Gasteiger partial charge in [-0.1, -0.05) is 12.1 Å². The number of aldehydes is 3. The SMILES string of the molecule is COc1ccc(-c2c(C=O)cc(C=O)cc2C=O)cc1. The van der Waals surface area contributed by atoms with E-state index in [0.29, 0.717) is 52.4 Å². The average Bonchev–Trinajstić information content (AvgIpc) is 2.53. The topological polar surface area (TPSA) is 60.4 Å². The van der Waals surface area contributed by atoms with E-state index in [-0.39, 0.29) is 0 Å². The molecule has 0 aliphatic heterocycles. The highest BCUT2D eigenvalue weighted by Gasteiger charge is 2.12. The Morgan fingerprint density at radius 2 is 1.40 bits per heavy atom. The van der Waals surface area contributed by atoms with E-state index in [1.807, 2.05) is 0 Å². The second-order valence-corrected chi connectivity index (χ2v) is 4.16. The minimum Gasteiger partial charge on any atom is -0.497 e. The molecule has 2 aromatic carbocycles. The van der Waals surface area contributed by atoms with Crippen LogP contribution >= 0.6 is 0 Å². The molecule has 0 N–H and O–H groups in total. The van der Waals surface area contributed by atoms with E-state index < -0.39 is 0 Å². The molecular formula is C16H12O4. The van der Waals surface area contributed by atoms with Crippen LogP contribution in [0.15, 0.2) is 36.4 Å². The molecule has 0 unspecified atom stereocenters. The van der Waals surface area contributed by atoms with Gasteiger partial charge in [-0.2, -0.15) is 0 Å². The lowest BCUT2D eigenvalue weighted by atomic mass is 9.93. The summed E-state index contributed by atoms with van der Waals surface area (Å²) in [5.74, 6) is 0.679. The van der Waals surface area contributed by atoms with Crippen molar-refractivity contribution in [2.24, 2.45) is 0 Å². The molecule has 0 spiro atoms. The Morgan fingerprint density at radius 1 is 0.850 bits per heavy atom. The maximum Gasteiger partial charge on any atom is 0.150 e. The maximum atomic E-state index is 11.2. The van der Waals surface area contributed by atoms with Crippen LogP contribution in [0.3, 0.4) is 0 Å². The van der Waals surface area contributed by atoms with E-state index in [2.05, 4.69) is 0 Å². The van der Waals surface area contributed by atoms with Gasteiger partial charge in [0.05, 0.1) is 7.11 Å². The summed E-state index contributed by atoms with van der Waals surface area (Å²) in [4.78, 5) is 33.2. The van der Waals surface area contributed by atoms with Crippen LogP contribution < -0.4 is 4.74 Å². The lowest BCUT2D eigenvalue weighted by molar-refractivity contribution is 0.112. The van der Waals surface area contributed by atoms with Gasteiger partial charge in [-0.3, -0.25) is 14.4 Å². The van der Waals surface area contributed by atoms with Gasteiger partial charge in [-0.25, -0.2) is 0 Å². The molecule has 2 rings (SSSR count). The van der Waals surface area contributed by atoms with Crippen LogP contribution in [0.4, 0.5) is 0 Å². The van der Waals surface area contributed by atoms with E-state index in [4.69, 9.17) is 4.74 Å². The summed E-state index contributed by atoms with van der Waals surface area (Å²) in [6, 6.07) is 9.93. The highest BCUT2D eigenvalue weighted by molar-refractivity contribution is 5.99. The third kappa shape index (κ3) is 2.49. The van der Waals surface area contributed by atoms with Gasteiger partial charge in [0.2, 0.25) is 0 Å². The third-order valence-electron chi connectivity index (χ3n) is 2.99. The van der Waals surface area contributed by atoms with Crippen molar-refractivity contribution in [2.75, 3.05) is 7.11 Å². The van der Waals surface area contributed by atoms with Crippen molar-refractivity contribution in [3.8, 4) is 16.9 Å². The molecule has 100 valence electrons. The van der Waals surface area contributed by atoms with Gasteiger partial charge in [0.15, 0.2) is 12.6 Å². The second-order valence-electron chi connectivity index (χ2n) is 4.16. The van der Waals surface area contributed by atoms with Gasteiger partial charge in [-0.05, 0) is 29.8 Å². The minimum atomic E-state index is 0.298. The number of ether oxygens (including phenoxy) is 1. The Hall–Kier alpha value is -2.75. The van der Waals surface area contributed by atoms with Gasteiger partial charge < -0.3 is 4.74 Å². The lowest BCUT2D eigenvalue weighted by Crippen LogP contribution is -1.97. The number of hydrogen-bond acceptors (Lipinski definition) is 4. The molecule has 4 heteroatoms. The van der Waals surface area contributed by atoms with Crippen LogP contribution in [-0.2, 0) is 0 Å². The number of hydrogen-bond donors (Lipinski definition) is 0. The molecule has 4 nitrogen and oxygen atoms in total. The van der Waals surface area contributed by atoms with E-state index in [1.165, 1.54) is 12.1 Å². The molecule has 0 heterocycles. The lowest BCUT2D eigenvalue weighted by Gasteiger charge is -2.10. The molecule has 0 atom stereocenters. The largest absolute Gasteiger partial charge is 0.497 e. The van der Waals surface area contributed by atoms with Crippen molar-refractivity contribution < 1.29 is 19.1 Å². The predicted molar refractivity (Wildman–Crippen MR) is 74.6 cm³/mol. The van der Waals surface area contributed by atoms with Crippen LogP contribution in [0.5, 0.6) is 5.75 Å². The third-order valence-corrected chi connectivity index (χ3v) is 2.99. The molecule has 20 heavy (non-hydrogen) atoms. The monoisotopic (exact) mass is 268 g/mol. The maximum absolute atomic E-state index is 11.2. The number of rotatable bonds is 5. The molecule has 0 amide bonds. The molecule has 0 saturated carbocycles. The Bertz CT molecular complexity index is 628. The fourth-order valence-corrected chi connectivity index (χ4v) is 2.06. The summed E-state index contributed by atoms with van der Waals surface area (Å²) in [6.07, 6.45) is 1.89. The highest BCUT2D eigenvalue weighted by Crippen LogP contribution is 2.28. The van der Waals surface area contributed by atoms with Crippen LogP contribution in [0.2, 0.25) is 0 Å². The summed E-state index contributed by atoms with van der Waals surface area (Å²) in [5.41, 5.74) is 2.14. The Morgan fingerprint density at radius 3 is 1.80 bits per heavy atom. The summed E-state index contributed by atoms with van der Waals surface area (Å²) in [6.45, 7) is 0. The first-order valence-electron chi connectivity index (χ1n) is 5.91. The zero-order valence-corrected chi connectivity index (χ0v) is 10.8.